The average molecular weight is 345 g/mol. The summed E-state index contributed by atoms with van der Waals surface area (Å²) in [7, 11) is 2.03. The Morgan fingerprint density at radius 1 is 1.12 bits per heavy atom. The molecule has 0 spiro atoms. The Bertz CT molecular complexity index is 891. The summed E-state index contributed by atoms with van der Waals surface area (Å²) < 4.78 is 6.09. The van der Waals surface area contributed by atoms with E-state index in [0.717, 1.165) is 29.3 Å². The van der Waals surface area contributed by atoms with E-state index in [1.54, 1.807) is 0 Å². The summed E-state index contributed by atoms with van der Waals surface area (Å²) in [6.45, 7) is 14.7. The number of ether oxygens (including phenoxy) is 1. The second-order valence-electron chi connectivity index (χ2n) is 7.13. The Balaban J connectivity index is 1.93. The third-order valence-corrected chi connectivity index (χ3v) is 4.99. The molecule has 2 heteroatoms. The van der Waals surface area contributed by atoms with Gasteiger partial charge in [0.1, 0.15) is 0 Å². The van der Waals surface area contributed by atoms with Crippen LogP contribution in [-0.2, 0) is 0 Å². The Kier molecular flexibility index (Phi) is 5.03. The molecule has 1 atom stereocenters. The fourth-order valence-electron chi connectivity index (χ4n) is 3.45. The van der Waals surface area contributed by atoms with Crippen molar-refractivity contribution in [2.24, 2.45) is 0 Å². The van der Waals surface area contributed by atoms with Crippen molar-refractivity contribution < 1.29 is 4.74 Å². The maximum atomic E-state index is 6.09. The Hall–Kier alpha value is -2.74. The second-order valence-corrected chi connectivity index (χ2v) is 7.13. The van der Waals surface area contributed by atoms with Crippen molar-refractivity contribution >= 4 is 5.69 Å². The minimum atomic E-state index is 0.197. The topological polar surface area (TPSA) is 12.5 Å². The summed E-state index contributed by atoms with van der Waals surface area (Å²) in [4.78, 5) is 2.08. The number of benzene rings is 2. The van der Waals surface area contributed by atoms with Gasteiger partial charge in [0, 0.05) is 19.0 Å². The molecular weight excluding hydrogens is 318 g/mol. The maximum Gasteiger partial charge on any atom is 0.200 e. The lowest BCUT2D eigenvalue weighted by atomic mass is 9.85. The molecule has 1 aliphatic rings. The molecule has 3 rings (SSSR count). The normalized spacial score (nSPS) is 15.5. The van der Waals surface area contributed by atoms with Gasteiger partial charge in [0.15, 0.2) is 5.75 Å². The zero-order valence-corrected chi connectivity index (χ0v) is 16.2. The first-order valence-corrected chi connectivity index (χ1v) is 9.01. The van der Waals surface area contributed by atoms with Gasteiger partial charge < -0.3 is 9.64 Å². The second kappa shape index (κ2) is 7.25. The third-order valence-electron chi connectivity index (χ3n) is 4.99. The molecule has 0 aromatic heterocycles. The number of anilines is 1. The summed E-state index contributed by atoms with van der Waals surface area (Å²) in [5, 5.41) is 0. The summed E-state index contributed by atoms with van der Waals surface area (Å²) in [5.41, 5.74) is 7.16. The predicted molar refractivity (Wildman–Crippen MR) is 111 cm³/mol. The van der Waals surface area contributed by atoms with Crippen LogP contribution in [0.1, 0.15) is 34.6 Å². The molecule has 0 saturated heterocycles. The number of hydrogen-bond donors (Lipinski definition) is 0. The van der Waals surface area contributed by atoms with Crippen LogP contribution < -0.4 is 9.64 Å². The molecule has 1 aliphatic heterocycles. The zero-order chi connectivity index (χ0) is 18.8. The van der Waals surface area contributed by atoms with E-state index in [4.69, 9.17) is 4.74 Å². The van der Waals surface area contributed by atoms with Crippen molar-refractivity contribution in [3.05, 3.63) is 95.4 Å². The van der Waals surface area contributed by atoms with Crippen LogP contribution in [0.5, 0.6) is 5.75 Å². The lowest BCUT2D eigenvalue weighted by molar-refractivity contribution is 0.442. The van der Waals surface area contributed by atoms with Gasteiger partial charge in [-0.25, -0.2) is 0 Å². The van der Waals surface area contributed by atoms with Crippen LogP contribution in [0.3, 0.4) is 0 Å². The summed E-state index contributed by atoms with van der Waals surface area (Å²) in [6, 6.07) is 12.9. The molecular formula is C24H27NO. The number of nitrogens with zero attached hydrogens (tertiary/aromatic N) is 1. The van der Waals surface area contributed by atoms with Crippen LogP contribution in [0.2, 0.25) is 0 Å². The smallest absolute Gasteiger partial charge is 0.200 e. The molecule has 0 saturated carbocycles. The number of fused-ring (bicyclic) bond motifs is 1. The molecule has 1 unspecified atom stereocenters. The van der Waals surface area contributed by atoms with E-state index in [0.29, 0.717) is 0 Å². The highest BCUT2D eigenvalue weighted by Crippen LogP contribution is 2.40. The molecule has 134 valence electrons. The number of aryl methyl sites for hydroxylation is 3. The lowest BCUT2D eigenvalue weighted by Gasteiger charge is -2.20. The molecule has 2 nitrogen and oxygen atoms in total. The van der Waals surface area contributed by atoms with E-state index in [1.165, 1.54) is 22.3 Å². The summed E-state index contributed by atoms with van der Waals surface area (Å²) in [5.74, 6) is 1.91. The van der Waals surface area contributed by atoms with E-state index >= 15 is 0 Å². The van der Waals surface area contributed by atoms with Gasteiger partial charge in [-0.15, -0.1) is 6.58 Å². The summed E-state index contributed by atoms with van der Waals surface area (Å²) in [6.07, 6.45) is 4.88. The largest absolute Gasteiger partial charge is 0.439 e. The van der Waals surface area contributed by atoms with Crippen LogP contribution in [0.15, 0.2) is 73.2 Å². The molecule has 0 amide bonds. The first-order chi connectivity index (χ1) is 12.4. The van der Waals surface area contributed by atoms with Crippen LogP contribution in [0.4, 0.5) is 5.69 Å². The molecule has 2 aromatic rings. The van der Waals surface area contributed by atoms with E-state index in [2.05, 4.69) is 81.3 Å². The van der Waals surface area contributed by atoms with E-state index in [9.17, 15) is 0 Å². The molecule has 2 aromatic carbocycles. The molecule has 0 N–H and O–H groups in total. The molecule has 0 bridgehead atoms. The highest BCUT2D eigenvalue weighted by molar-refractivity contribution is 5.67. The SMILES string of the molecule is C=CCC(C(=C)/C=C1\Oc2cc(C)ccc2N1C)c1cc(C)ccc1C. The van der Waals surface area contributed by atoms with Gasteiger partial charge in [-0.3, -0.25) is 0 Å². The van der Waals surface area contributed by atoms with Crippen molar-refractivity contribution in [1.29, 1.82) is 0 Å². The fourth-order valence-corrected chi connectivity index (χ4v) is 3.45. The van der Waals surface area contributed by atoms with Gasteiger partial charge >= 0.3 is 0 Å². The zero-order valence-electron chi connectivity index (χ0n) is 16.2. The van der Waals surface area contributed by atoms with Gasteiger partial charge in [-0.05, 0) is 61.6 Å². The molecule has 1 heterocycles. The van der Waals surface area contributed by atoms with Crippen molar-refractivity contribution in [3.8, 4) is 5.75 Å². The number of allylic oxidation sites excluding steroid dienone is 3. The predicted octanol–water partition coefficient (Wildman–Crippen LogP) is 6.20. The Morgan fingerprint density at radius 3 is 2.54 bits per heavy atom. The maximum absolute atomic E-state index is 6.09. The van der Waals surface area contributed by atoms with E-state index < -0.39 is 0 Å². The van der Waals surface area contributed by atoms with Crippen LogP contribution in [-0.4, -0.2) is 7.05 Å². The lowest BCUT2D eigenvalue weighted by Crippen LogP contribution is -2.14. The molecule has 0 radical (unpaired) electrons. The van der Waals surface area contributed by atoms with E-state index in [-0.39, 0.29) is 5.92 Å². The van der Waals surface area contributed by atoms with Crippen molar-refractivity contribution in [2.75, 3.05) is 11.9 Å². The minimum absolute atomic E-state index is 0.197. The Morgan fingerprint density at radius 2 is 1.81 bits per heavy atom. The minimum Gasteiger partial charge on any atom is -0.439 e. The van der Waals surface area contributed by atoms with Crippen molar-refractivity contribution in [1.82, 2.24) is 0 Å². The van der Waals surface area contributed by atoms with Crippen molar-refractivity contribution in [2.45, 2.75) is 33.1 Å². The molecule has 0 aliphatic carbocycles. The quantitative estimate of drug-likeness (QED) is 0.598. The highest BCUT2D eigenvalue weighted by atomic mass is 16.5. The van der Waals surface area contributed by atoms with Crippen molar-refractivity contribution in [3.63, 3.8) is 0 Å². The summed E-state index contributed by atoms with van der Waals surface area (Å²) >= 11 is 0. The van der Waals surface area contributed by atoms with Gasteiger partial charge in [-0.1, -0.05) is 42.5 Å². The van der Waals surface area contributed by atoms with Gasteiger partial charge in [0.25, 0.3) is 0 Å². The first kappa shape index (κ1) is 18.1. The standard InChI is InChI=1S/C24H27NO/c1-7-8-20(21-13-16(2)9-11-18(21)4)19(5)15-24-25(6)22-12-10-17(3)14-23(22)26-24/h7,9-15,20H,1,5,8H2,2-4,6H3/b24-15-. The average Bonchev–Trinajstić information content (AvgIpc) is 2.90. The molecule has 26 heavy (non-hydrogen) atoms. The van der Waals surface area contributed by atoms with Crippen LogP contribution in [0.25, 0.3) is 0 Å². The van der Waals surface area contributed by atoms with Crippen LogP contribution in [0, 0.1) is 20.8 Å². The fraction of sp³-hybridized carbons (Fsp3) is 0.250. The molecule has 0 fully saturated rings. The van der Waals surface area contributed by atoms with Crippen LogP contribution >= 0.6 is 0 Å². The Labute approximate surface area is 157 Å². The highest BCUT2D eigenvalue weighted by Gasteiger charge is 2.24. The van der Waals surface area contributed by atoms with Gasteiger partial charge in [0.05, 0.1) is 5.69 Å². The van der Waals surface area contributed by atoms with Gasteiger partial charge in [0.2, 0.25) is 5.88 Å². The number of hydrogen-bond acceptors (Lipinski definition) is 2. The van der Waals surface area contributed by atoms with Gasteiger partial charge in [-0.2, -0.15) is 0 Å². The third kappa shape index (κ3) is 3.45. The monoisotopic (exact) mass is 345 g/mol. The first-order valence-electron chi connectivity index (χ1n) is 9.01. The van der Waals surface area contributed by atoms with E-state index in [1.807, 2.05) is 13.1 Å². The number of rotatable bonds is 5.